The highest BCUT2D eigenvalue weighted by atomic mass is 16.5. The number of rotatable bonds is 5. The van der Waals surface area contributed by atoms with Crippen molar-refractivity contribution in [1.82, 2.24) is 25.3 Å². The molecule has 32 heavy (non-hydrogen) atoms. The second-order valence-corrected chi connectivity index (χ2v) is 7.62. The van der Waals surface area contributed by atoms with Gasteiger partial charge in [-0.1, -0.05) is 18.2 Å². The number of carbonyl (C=O) groups is 1. The van der Waals surface area contributed by atoms with Gasteiger partial charge in [0.2, 0.25) is 11.8 Å². The third-order valence-corrected chi connectivity index (χ3v) is 5.55. The Morgan fingerprint density at radius 1 is 1.12 bits per heavy atom. The monoisotopic (exact) mass is 426 g/mol. The van der Waals surface area contributed by atoms with Crippen molar-refractivity contribution in [2.24, 2.45) is 0 Å². The average molecular weight is 426 g/mol. The van der Waals surface area contributed by atoms with Crippen molar-refractivity contribution in [3.63, 3.8) is 0 Å². The van der Waals surface area contributed by atoms with Crippen LogP contribution in [0.3, 0.4) is 0 Å². The van der Waals surface area contributed by atoms with Crippen LogP contribution in [0, 0.1) is 0 Å². The van der Waals surface area contributed by atoms with Gasteiger partial charge < -0.3 is 15.0 Å². The molecule has 1 fully saturated rings. The summed E-state index contributed by atoms with van der Waals surface area (Å²) in [5.41, 5.74) is 3.05. The highest BCUT2D eigenvalue weighted by molar-refractivity contribution is 6.06. The molecular weight excluding hydrogens is 404 g/mol. The van der Waals surface area contributed by atoms with Crippen LogP contribution in [-0.2, 0) is 0 Å². The van der Waals surface area contributed by atoms with Crippen molar-refractivity contribution in [2.45, 2.75) is 12.5 Å². The molecule has 1 aromatic carbocycles. The Labute approximate surface area is 185 Å². The fraction of sp³-hybridized carbons (Fsp3) is 0.208. The Morgan fingerprint density at radius 3 is 2.88 bits per heavy atom. The predicted octanol–water partition coefficient (Wildman–Crippen LogP) is 3.10. The van der Waals surface area contributed by atoms with Crippen molar-refractivity contribution >= 4 is 22.8 Å². The molecule has 160 valence electrons. The zero-order valence-electron chi connectivity index (χ0n) is 17.6. The topological polar surface area (TPSA) is 93.1 Å². The van der Waals surface area contributed by atoms with E-state index in [2.05, 4.69) is 25.2 Å². The predicted molar refractivity (Wildman–Crippen MR) is 122 cm³/mol. The lowest BCUT2D eigenvalue weighted by Crippen LogP contribution is -2.37. The van der Waals surface area contributed by atoms with E-state index in [1.54, 1.807) is 31.8 Å². The lowest BCUT2D eigenvalue weighted by Gasteiger charge is -2.18. The normalized spacial score (nSPS) is 15.7. The zero-order chi connectivity index (χ0) is 21.9. The van der Waals surface area contributed by atoms with Gasteiger partial charge in [0.15, 0.2) is 0 Å². The molecule has 8 nitrogen and oxygen atoms in total. The second kappa shape index (κ2) is 8.58. The molecular formula is C24H22N6O2. The zero-order valence-corrected chi connectivity index (χ0v) is 17.6. The highest BCUT2D eigenvalue weighted by Crippen LogP contribution is 2.24. The molecule has 1 atom stereocenters. The van der Waals surface area contributed by atoms with E-state index in [0.29, 0.717) is 23.9 Å². The van der Waals surface area contributed by atoms with Crippen LogP contribution in [0.1, 0.15) is 16.8 Å². The van der Waals surface area contributed by atoms with E-state index in [1.807, 2.05) is 42.5 Å². The van der Waals surface area contributed by atoms with Crippen LogP contribution in [0.2, 0.25) is 0 Å². The number of pyridine rings is 2. The van der Waals surface area contributed by atoms with Gasteiger partial charge in [0.1, 0.15) is 0 Å². The van der Waals surface area contributed by atoms with Gasteiger partial charge in [0.25, 0.3) is 5.91 Å². The van der Waals surface area contributed by atoms with Crippen LogP contribution in [-0.4, -0.2) is 52.1 Å². The van der Waals surface area contributed by atoms with Gasteiger partial charge in [-0.25, -0.2) is 15.0 Å². The minimum atomic E-state index is -0.140. The molecule has 1 amide bonds. The number of nitrogens with zero attached hydrogens (tertiary/aromatic N) is 5. The Bertz CT molecular complexity index is 1260. The summed E-state index contributed by atoms with van der Waals surface area (Å²) < 4.78 is 5.29. The quantitative estimate of drug-likeness (QED) is 0.524. The molecule has 4 aromatic rings. The van der Waals surface area contributed by atoms with E-state index < -0.39 is 0 Å². The standard InChI is InChI=1S/C24H22N6O2/c1-32-22-13-19(18-6-2-3-7-21(18)28-22)23(31)27-17-9-12-30(15-17)24-26-11-8-20(29-24)16-5-4-10-25-14-16/h2-8,10-11,13-14,17H,9,12,15H2,1H3,(H,27,31). The summed E-state index contributed by atoms with van der Waals surface area (Å²) in [6.07, 6.45) is 6.09. The first kappa shape index (κ1) is 19.9. The van der Waals surface area contributed by atoms with Crippen molar-refractivity contribution in [3.8, 4) is 17.1 Å². The van der Waals surface area contributed by atoms with E-state index in [4.69, 9.17) is 9.72 Å². The molecule has 1 aliphatic rings. The number of fused-ring (bicyclic) bond motifs is 1. The van der Waals surface area contributed by atoms with Gasteiger partial charge in [-0.3, -0.25) is 9.78 Å². The molecule has 8 heteroatoms. The van der Waals surface area contributed by atoms with Gasteiger partial charge in [0, 0.05) is 54.7 Å². The van der Waals surface area contributed by atoms with E-state index in [1.165, 1.54) is 0 Å². The van der Waals surface area contributed by atoms with Crippen LogP contribution in [0.5, 0.6) is 5.88 Å². The second-order valence-electron chi connectivity index (χ2n) is 7.62. The summed E-state index contributed by atoms with van der Waals surface area (Å²) in [4.78, 5) is 32.9. The van der Waals surface area contributed by atoms with Gasteiger partial charge in [0.05, 0.1) is 23.9 Å². The largest absolute Gasteiger partial charge is 0.481 e. The summed E-state index contributed by atoms with van der Waals surface area (Å²) in [7, 11) is 1.55. The third-order valence-electron chi connectivity index (χ3n) is 5.55. The fourth-order valence-electron chi connectivity index (χ4n) is 3.94. The van der Waals surface area contributed by atoms with E-state index >= 15 is 0 Å². The molecule has 3 aromatic heterocycles. The number of hydrogen-bond acceptors (Lipinski definition) is 7. The lowest BCUT2D eigenvalue weighted by molar-refractivity contribution is 0.0941. The Balaban J connectivity index is 1.32. The first-order valence-electron chi connectivity index (χ1n) is 10.4. The maximum atomic E-state index is 13.1. The summed E-state index contributed by atoms with van der Waals surface area (Å²) in [5.74, 6) is 0.931. The van der Waals surface area contributed by atoms with E-state index in [0.717, 1.165) is 35.1 Å². The van der Waals surface area contributed by atoms with Crippen LogP contribution in [0.25, 0.3) is 22.2 Å². The summed E-state index contributed by atoms with van der Waals surface area (Å²) in [5, 5.41) is 3.95. The Morgan fingerprint density at radius 2 is 2.03 bits per heavy atom. The maximum absolute atomic E-state index is 13.1. The number of ether oxygens (including phenoxy) is 1. The molecule has 5 rings (SSSR count). The smallest absolute Gasteiger partial charge is 0.252 e. The van der Waals surface area contributed by atoms with Gasteiger partial charge in [-0.2, -0.15) is 0 Å². The molecule has 0 aliphatic carbocycles. The summed E-state index contributed by atoms with van der Waals surface area (Å²) >= 11 is 0. The van der Waals surface area contributed by atoms with Crippen molar-refractivity contribution in [2.75, 3.05) is 25.1 Å². The molecule has 1 N–H and O–H groups in total. The van der Waals surface area contributed by atoms with Crippen LogP contribution < -0.4 is 15.0 Å². The number of nitrogens with one attached hydrogen (secondary N) is 1. The minimum absolute atomic E-state index is 0.00827. The molecule has 1 aliphatic heterocycles. The van der Waals surface area contributed by atoms with E-state index in [-0.39, 0.29) is 11.9 Å². The SMILES string of the molecule is COc1cc(C(=O)NC2CCN(c3nccc(-c4cccnc4)n3)C2)c2ccccc2n1. The summed E-state index contributed by atoms with van der Waals surface area (Å²) in [6, 6.07) is 15.0. The highest BCUT2D eigenvalue weighted by Gasteiger charge is 2.27. The molecule has 0 bridgehead atoms. The molecule has 1 saturated heterocycles. The number of amides is 1. The molecule has 0 radical (unpaired) electrons. The first-order valence-corrected chi connectivity index (χ1v) is 10.4. The van der Waals surface area contributed by atoms with Crippen molar-refractivity contribution in [3.05, 3.63) is 72.7 Å². The molecule has 4 heterocycles. The molecule has 0 spiro atoms. The first-order chi connectivity index (χ1) is 15.7. The number of aromatic nitrogens is 4. The average Bonchev–Trinajstić information content (AvgIpc) is 3.32. The van der Waals surface area contributed by atoms with Crippen LogP contribution in [0.4, 0.5) is 5.95 Å². The van der Waals surface area contributed by atoms with Crippen molar-refractivity contribution < 1.29 is 9.53 Å². The third kappa shape index (κ3) is 3.94. The number of hydrogen-bond donors (Lipinski definition) is 1. The van der Waals surface area contributed by atoms with Crippen LogP contribution in [0.15, 0.2) is 67.1 Å². The Hall–Kier alpha value is -4.07. The maximum Gasteiger partial charge on any atom is 0.252 e. The number of para-hydroxylation sites is 1. The molecule has 1 unspecified atom stereocenters. The minimum Gasteiger partial charge on any atom is -0.481 e. The van der Waals surface area contributed by atoms with Gasteiger partial charge >= 0.3 is 0 Å². The Kier molecular flexibility index (Phi) is 5.33. The van der Waals surface area contributed by atoms with Gasteiger partial charge in [-0.15, -0.1) is 0 Å². The van der Waals surface area contributed by atoms with Gasteiger partial charge in [-0.05, 0) is 30.7 Å². The van der Waals surface area contributed by atoms with E-state index in [9.17, 15) is 4.79 Å². The number of benzene rings is 1. The number of carbonyl (C=O) groups excluding carboxylic acids is 1. The molecule has 0 saturated carbocycles. The number of methoxy groups -OCH3 is 1. The number of anilines is 1. The lowest BCUT2D eigenvalue weighted by atomic mass is 10.1. The summed E-state index contributed by atoms with van der Waals surface area (Å²) in [6.45, 7) is 1.41. The van der Waals surface area contributed by atoms with Crippen molar-refractivity contribution in [1.29, 1.82) is 0 Å². The fourth-order valence-corrected chi connectivity index (χ4v) is 3.94. The van der Waals surface area contributed by atoms with Crippen LogP contribution >= 0.6 is 0 Å².